The Kier molecular flexibility index (Phi) is 2.31. The van der Waals surface area contributed by atoms with E-state index in [9.17, 15) is 8.42 Å². The fourth-order valence-electron chi connectivity index (χ4n) is 1.40. The third kappa shape index (κ3) is 1.73. The normalized spacial score (nSPS) is 12.1. The second-order valence-electron chi connectivity index (χ2n) is 3.36. The minimum absolute atomic E-state index is 0.0335. The zero-order valence-electron chi connectivity index (χ0n) is 9.05. The smallest absolute Gasteiger partial charge is 0.279 e. The highest BCUT2D eigenvalue weighted by Gasteiger charge is 2.21. The van der Waals surface area contributed by atoms with E-state index >= 15 is 0 Å². The minimum Gasteiger partial charge on any atom is -0.279 e. The molecule has 0 aliphatic heterocycles. The summed E-state index contributed by atoms with van der Waals surface area (Å²) < 4.78 is 27.9. The molecule has 3 aromatic heterocycles. The number of nitrogens with one attached hydrogen (secondary N) is 1. The number of aryl methyl sites for hydroxylation is 1. The molecule has 11 heteroatoms. The van der Waals surface area contributed by atoms with Crippen molar-refractivity contribution >= 4 is 32.3 Å². The molecule has 0 aromatic carbocycles. The summed E-state index contributed by atoms with van der Waals surface area (Å²) in [6.45, 7) is 0. The van der Waals surface area contributed by atoms with E-state index in [0.717, 1.165) is 4.80 Å². The van der Waals surface area contributed by atoms with Crippen LogP contribution in [0.5, 0.6) is 0 Å². The molecule has 3 rings (SSSR count). The molecule has 3 heterocycles. The van der Waals surface area contributed by atoms with Crippen LogP contribution in [-0.4, -0.2) is 38.0 Å². The molecule has 0 spiro atoms. The van der Waals surface area contributed by atoms with Crippen LogP contribution in [-0.2, 0) is 17.1 Å². The van der Waals surface area contributed by atoms with E-state index in [-0.39, 0.29) is 11.0 Å². The summed E-state index contributed by atoms with van der Waals surface area (Å²) in [6, 6.07) is 0. The monoisotopic (exact) mass is 285 g/mol. The summed E-state index contributed by atoms with van der Waals surface area (Å²) in [6.07, 6.45) is 2.91. The van der Waals surface area contributed by atoms with Crippen LogP contribution < -0.4 is 4.72 Å². The third-order valence-corrected chi connectivity index (χ3v) is 4.20. The van der Waals surface area contributed by atoms with Gasteiger partial charge in [-0.15, -0.1) is 16.4 Å². The molecule has 18 heavy (non-hydrogen) atoms. The predicted octanol–water partition coefficient (Wildman–Crippen LogP) is -0.280. The summed E-state index contributed by atoms with van der Waals surface area (Å²) >= 11 is 1.35. The molecule has 0 saturated heterocycles. The van der Waals surface area contributed by atoms with Crippen molar-refractivity contribution < 1.29 is 8.42 Å². The lowest BCUT2D eigenvalue weighted by Gasteiger charge is -2.01. The molecule has 0 bridgehead atoms. The molecule has 9 nitrogen and oxygen atoms in total. The van der Waals surface area contributed by atoms with Gasteiger partial charge in [0.05, 0.1) is 13.2 Å². The van der Waals surface area contributed by atoms with Crippen molar-refractivity contribution in [1.29, 1.82) is 0 Å². The number of anilines is 1. The van der Waals surface area contributed by atoms with Crippen LogP contribution in [0, 0.1) is 0 Å². The summed E-state index contributed by atoms with van der Waals surface area (Å²) in [5.41, 5.74) is 0. The highest BCUT2D eigenvalue weighted by molar-refractivity contribution is 7.92. The molecule has 0 aliphatic carbocycles. The van der Waals surface area contributed by atoms with Gasteiger partial charge in [-0.3, -0.25) is 4.40 Å². The van der Waals surface area contributed by atoms with Crippen LogP contribution >= 0.6 is 11.3 Å². The number of thiazole rings is 1. The van der Waals surface area contributed by atoms with Crippen molar-refractivity contribution in [3.8, 4) is 0 Å². The van der Waals surface area contributed by atoms with Crippen LogP contribution in [0.15, 0.2) is 22.8 Å². The van der Waals surface area contributed by atoms with Crippen molar-refractivity contribution in [2.24, 2.45) is 7.05 Å². The van der Waals surface area contributed by atoms with Gasteiger partial charge in [0.1, 0.15) is 0 Å². The molecular weight excluding hydrogens is 278 g/mol. The number of imidazole rings is 1. The summed E-state index contributed by atoms with van der Waals surface area (Å²) in [5, 5.41) is 12.6. The quantitative estimate of drug-likeness (QED) is 0.709. The Balaban J connectivity index is 2.02. The van der Waals surface area contributed by atoms with Crippen molar-refractivity contribution in [1.82, 2.24) is 29.6 Å². The molecule has 0 saturated carbocycles. The summed E-state index contributed by atoms with van der Waals surface area (Å²) in [4.78, 5) is 5.75. The van der Waals surface area contributed by atoms with Crippen LogP contribution in [0.3, 0.4) is 0 Å². The molecule has 0 aliphatic rings. The van der Waals surface area contributed by atoms with E-state index in [1.54, 1.807) is 18.6 Å². The predicted molar refractivity (Wildman–Crippen MR) is 62.7 cm³/mol. The number of sulfonamides is 1. The fraction of sp³-hybridized carbons (Fsp3) is 0.143. The van der Waals surface area contributed by atoms with E-state index < -0.39 is 10.0 Å². The van der Waals surface area contributed by atoms with Crippen molar-refractivity contribution in [3.05, 3.63) is 17.8 Å². The van der Waals surface area contributed by atoms with Crippen molar-refractivity contribution in [2.75, 3.05) is 4.72 Å². The third-order valence-electron chi connectivity index (χ3n) is 2.12. The van der Waals surface area contributed by atoms with Crippen LogP contribution in [0.1, 0.15) is 0 Å². The van der Waals surface area contributed by atoms with Gasteiger partial charge < -0.3 is 0 Å². The largest absolute Gasteiger partial charge is 0.281 e. The highest BCUT2D eigenvalue weighted by Crippen LogP contribution is 2.18. The van der Waals surface area contributed by atoms with Gasteiger partial charge in [0.25, 0.3) is 16.0 Å². The molecule has 94 valence electrons. The maximum Gasteiger partial charge on any atom is 0.281 e. The SMILES string of the molecule is Cn1nnc(NS(=O)(=O)c2cnc3sccn23)n1. The molecule has 0 atom stereocenters. The van der Waals surface area contributed by atoms with E-state index in [4.69, 9.17) is 0 Å². The first-order valence-electron chi connectivity index (χ1n) is 4.74. The van der Waals surface area contributed by atoms with Gasteiger partial charge in [0.2, 0.25) is 0 Å². The number of nitrogens with zero attached hydrogens (tertiary/aromatic N) is 6. The number of rotatable bonds is 3. The van der Waals surface area contributed by atoms with Gasteiger partial charge in [-0.05, 0) is 5.21 Å². The first-order chi connectivity index (χ1) is 8.56. The maximum absolute atomic E-state index is 12.1. The van der Waals surface area contributed by atoms with E-state index in [1.807, 2.05) is 0 Å². The van der Waals surface area contributed by atoms with Gasteiger partial charge in [-0.25, -0.2) is 9.71 Å². The lowest BCUT2D eigenvalue weighted by atomic mass is 10.9. The first kappa shape index (κ1) is 11.1. The number of aromatic nitrogens is 6. The van der Waals surface area contributed by atoms with Gasteiger partial charge in [0, 0.05) is 11.6 Å². The molecule has 0 radical (unpaired) electrons. The zero-order chi connectivity index (χ0) is 12.8. The van der Waals surface area contributed by atoms with E-state index in [2.05, 4.69) is 25.1 Å². The molecular formula is C7H7N7O2S2. The van der Waals surface area contributed by atoms with Crippen LogP contribution in [0.2, 0.25) is 0 Å². The van der Waals surface area contributed by atoms with Gasteiger partial charge in [-0.1, -0.05) is 5.10 Å². The lowest BCUT2D eigenvalue weighted by Crippen LogP contribution is -2.15. The lowest BCUT2D eigenvalue weighted by molar-refractivity contribution is 0.596. The van der Waals surface area contributed by atoms with Gasteiger partial charge in [0.15, 0.2) is 9.99 Å². The van der Waals surface area contributed by atoms with E-state index in [0.29, 0.717) is 4.96 Å². The molecule has 1 N–H and O–H groups in total. The van der Waals surface area contributed by atoms with Crippen molar-refractivity contribution in [3.63, 3.8) is 0 Å². The second-order valence-corrected chi connectivity index (χ2v) is 5.86. The van der Waals surface area contributed by atoms with Crippen LogP contribution in [0.4, 0.5) is 5.95 Å². The fourth-order valence-corrected chi connectivity index (χ4v) is 3.17. The molecule has 0 fully saturated rings. The van der Waals surface area contributed by atoms with Gasteiger partial charge >= 0.3 is 0 Å². The van der Waals surface area contributed by atoms with Gasteiger partial charge in [-0.2, -0.15) is 13.2 Å². The Morgan fingerprint density at radius 2 is 2.28 bits per heavy atom. The average molecular weight is 285 g/mol. The van der Waals surface area contributed by atoms with E-state index in [1.165, 1.54) is 21.9 Å². The first-order valence-corrected chi connectivity index (χ1v) is 7.10. The maximum atomic E-state index is 12.1. The Morgan fingerprint density at radius 1 is 1.44 bits per heavy atom. The minimum atomic E-state index is -3.77. The summed E-state index contributed by atoms with van der Waals surface area (Å²) in [5.74, 6) is -0.0809. The van der Waals surface area contributed by atoms with Crippen LogP contribution in [0.25, 0.3) is 4.96 Å². The number of hydrogen-bond donors (Lipinski definition) is 1. The number of fused-ring (bicyclic) bond motifs is 1. The molecule has 0 amide bonds. The Morgan fingerprint density at radius 3 is 3.00 bits per heavy atom. The molecule has 0 unspecified atom stereocenters. The Labute approximate surface area is 105 Å². The Hall–Kier alpha value is -2.01. The summed E-state index contributed by atoms with van der Waals surface area (Å²) in [7, 11) is -2.23. The number of hydrogen-bond acceptors (Lipinski definition) is 7. The number of tetrazole rings is 1. The standard InChI is InChI=1S/C7H7N7O2S2/c1-13-10-6(9-12-13)11-18(15,16)5-4-8-7-14(5)2-3-17-7/h2-4H,1H3,(H,10,11). The van der Waals surface area contributed by atoms with Crippen molar-refractivity contribution in [2.45, 2.75) is 5.03 Å². The second kappa shape index (κ2) is 3.74. The molecule has 3 aromatic rings. The topological polar surface area (TPSA) is 107 Å². The average Bonchev–Trinajstić information content (AvgIpc) is 2.92. The highest BCUT2D eigenvalue weighted by atomic mass is 32.2. The zero-order valence-corrected chi connectivity index (χ0v) is 10.7. The Bertz CT molecular complexity index is 799.